The van der Waals surface area contributed by atoms with Gasteiger partial charge in [-0.05, 0) is 17.7 Å². The van der Waals surface area contributed by atoms with Crippen molar-refractivity contribution in [3.8, 4) is 0 Å². The molecule has 2 aromatic rings. The van der Waals surface area contributed by atoms with Crippen LogP contribution in [0.4, 0.5) is 5.13 Å². The molecule has 0 saturated carbocycles. The van der Waals surface area contributed by atoms with Crippen LogP contribution >= 0.6 is 38.9 Å². The molecule has 0 atom stereocenters. The van der Waals surface area contributed by atoms with Gasteiger partial charge in [0.25, 0.3) is 0 Å². The van der Waals surface area contributed by atoms with Gasteiger partial charge in [0.2, 0.25) is 0 Å². The Labute approximate surface area is 105 Å². The lowest BCUT2D eigenvalue weighted by molar-refractivity contribution is 1.13. The Morgan fingerprint density at radius 2 is 2.07 bits per heavy atom. The highest BCUT2D eigenvalue weighted by molar-refractivity contribution is 9.10. The van der Waals surface area contributed by atoms with E-state index in [1.165, 1.54) is 16.9 Å². The number of hydrogen-bond donors (Lipinski definition) is 1. The van der Waals surface area contributed by atoms with Crippen LogP contribution in [0.25, 0.3) is 0 Å². The lowest BCUT2D eigenvalue weighted by Gasteiger charge is -2.02. The second-order valence-corrected chi connectivity index (χ2v) is 5.12. The molecule has 2 nitrogen and oxygen atoms in total. The molecule has 0 bridgehead atoms. The minimum atomic E-state index is 0.540. The third kappa shape index (κ3) is 3.19. The molecule has 0 unspecified atom stereocenters. The zero-order valence-electron chi connectivity index (χ0n) is 7.71. The van der Waals surface area contributed by atoms with Crippen LogP contribution in [-0.2, 0) is 6.54 Å². The Balaban J connectivity index is 1.96. The first-order valence-electron chi connectivity index (χ1n) is 4.33. The molecule has 0 amide bonds. The molecule has 0 radical (unpaired) electrons. The van der Waals surface area contributed by atoms with Gasteiger partial charge in [-0.2, -0.15) is 0 Å². The van der Waals surface area contributed by atoms with Crippen molar-refractivity contribution in [1.29, 1.82) is 0 Å². The normalized spacial score (nSPS) is 10.3. The molecule has 0 aliphatic rings. The Kier molecular flexibility index (Phi) is 3.61. The molecule has 2 rings (SSSR count). The Hall–Kier alpha value is -0.580. The van der Waals surface area contributed by atoms with Gasteiger partial charge >= 0.3 is 0 Å². The highest BCUT2D eigenvalue weighted by Crippen LogP contribution is 2.19. The Morgan fingerprint density at radius 3 is 2.67 bits per heavy atom. The predicted molar refractivity (Wildman–Crippen MR) is 68.6 cm³/mol. The van der Waals surface area contributed by atoms with Gasteiger partial charge in [0.15, 0.2) is 5.13 Å². The van der Waals surface area contributed by atoms with Gasteiger partial charge in [-0.25, -0.2) is 4.98 Å². The van der Waals surface area contributed by atoms with Gasteiger partial charge in [0, 0.05) is 16.4 Å². The van der Waals surface area contributed by atoms with Crippen molar-refractivity contribution in [3.63, 3.8) is 0 Å². The fraction of sp³-hybridized carbons (Fsp3) is 0.100. The second kappa shape index (κ2) is 4.96. The van der Waals surface area contributed by atoms with Crippen molar-refractivity contribution in [2.75, 3.05) is 5.32 Å². The van der Waals surface area contributed by atoms with Crippen LogP contribution in [0.5, 0.6) is 0 Å². The maximum Gasteiger partial charge on any atom is 0.184 e. The molecule has 1 N–H and O–H groups in total. The summed E-state index contributed by atoms with van der Waals surface area (Å²) in [4.78, 5) is 4.11. The van der Waals surface area contributed by atoms with Crippen LogP contribution in [0.15, 0.2) is 34.1 Å². The molecule has 15 heavy (non-hydrogen) atoms. The predicted octanol–water partition coefficient (Wildman–Crippen LogP) is 4.17. The average Bonchev–Trinajstić information content (AvgIpc) is 2.64. The molecule has 1 heterocycles. The van der Waals surface area contributed by atoms with Crippen molar-refractivity contribution in [1.82, 2.24) is 4.98 Å². The first-order chi connectivity index (χ1) is 7.24. The highest BCUT2D eigenvalue weighted by Gasteiger charge is 1.98. The average molecular weight is 304 g/mol. The minimum absolute atomic E-state index is 0.540. The molecule has 0 saturated heterocycles. The monoisotopic (exact) mass is 302 g/mol. The van der Waals surface area contributed by atoms with Crippen molar-refractivity contribution in [2.45, 2.75) is 6.54 Å². The van der Waals surface area contributed by atoms with Crippen molar-refractivity contribution < 1.29 is 0 Å². The molecule has 1 aromatic heterocycles. The van der Waals surface area contributed by atoms with E-state index in [1.807, 2.05) is 17.5 Å². The van der Waals surface area contributed by atoms with E-state index in [9.17, 15) is 0 Å². The van der Waals surface area contributed by atoms with E-state index < -0.39 is 0 Å². The van der Waals surface area contributed by atoms with Crippen LogP contribution in [0.1, 0.15) is 5.56 Å². The number of nitrogens with one attached hydrogen (secondary N) is 1. The van der Waals surface area contributed by atoms with Crippen LogP contribution in [0.2, 0.25) is 5.15 Å². The van der Waals surface area contributed by atoms with E-state index in [0.717, 1.165) is 16.1 Å². The summed E-state index contributed by atoms with van der Waals surface area (Å²) in [6, 6.07) is 8.16. The molecule has 78 valence electrons. The first kappa shape index (κ1) is 10.9. The molecule has 0 spiro atoms. The van der Waals surface area contributed by atoms with Crippen molar-refractivity contribution >= 4 is 44.0 Å². The summed E-state index contributed by atoms with van der Waals surface area (Å²) in [5.74, 6) is 0. The van der Waals surface area contributed by atoms with Crippen molar-refractivity contribution in [2.24, 2.45) is 0 Å². The number of anilines is 1. The molecule has 0 aliphatic carbocycles. The quantitative estimate of drug-likeness (QED) is 0.920. The van der Waals surface area contributed by atoms with Gasteiger partial charge in [-0.1, -0.05) is 39.7 Å². The van der Waals surface area contributed by atoms with Crippen LogP contribution in [0.3, 0.4) is 0 Å². The number of benzene rings is 1. The fourth-order valence-corrected chi connectivity index (χ4v) is 2.22. The molecule has 0 fully saturated rings. The molecular formula is C10H8BrClN2S. The number of aromatic nitrogens is 1. The molecule has 0 aliphatic heterocycles. The molecule has 5 heteroatoms. The van der Waals surface area contributed by atoms with Gasteiger partial charge in [-0.3, -0.25) is 0 Å². The van der Waals surface area contributed by atoms with E-state index in [2.05, 4.69) is 38.4 Å². The van der Waals surface area contributed by atoms with E-state index in [4.69, 9.17) is 11.6 Å². The summed E-state index contributed by atoms with van der Waals surface area (Å²) >= 11 is 10.6. The van der Waals surface area contributed by atoms with Gasteiger partial charge < -0.3 is 5.32 Å². The van der Waals surface area contributed by atoms with Gasteiger partial charge in [0.05, 0.1) is 0 Å². The maximum atomic E-state index is 5.72. The smallest absolute Gasteiger partial charge is 0.184 e. The van der Waals surface area contributed by atoms with Crippen LogP contribution in [0, 0.1) is 0 Å². The summed E-state index contributed by atoms with van der Waals surface area (Å²) in [5, 5.41) is 6.41. The maximum absolute atomic E-state index is 5.72. The number of thiazole rings is 1. The second-order valence-electron chi connectivity index (χ2n) is 2.96. The topological polar surface area (TPSA) is 24.9 Å². The molecule has 1 aromatic carbocycles. The number of hydrogen-bond acceptors (Lipinski definition) is 3. The zero-order valence-corrected chi connectivity index (χ0v) is 10.9. The lowest BCUT2D eigenvalue weighted by atomic mass is 10.2. The SMILES string of the molecule is Clc1csc(NCc2ccc(Br)cc2)n1. The summed E-state index contributed by atoms with van der Waals surface area (Å²) < 4.78 is 1.09. The van der Waals surface area contributed by atoms with Crippen LogP contribution < -0.4 is 5.32 Å². The number of nitrogens with zero attached hydrogens (tertiary/aromatic N) is 1. The zero-order chi connectivity index (χ0) is 10.7. The summed E-state index contributed by atoms with van der Waals surface area (Å²) in [7, 11) is 0. The van der Waals surface area contributed by atoms with E-state index in [1.54, 1.807) is 0 Å². The number of rotatable bonds is 3. The highest BCUT2D eigenvalue weighted by atomic mass is 79.9. The van der Waals surface area contributed by atoms with Gasteiger partial charge in [0.1, 0.15) is 5.15 Å². The summed E-state index contributed by atoms with van der Waals surface area (Å²) in [6.07, 6.45) is 0. The van der Waals surface area contributed by atoms with E-state index in [0.29, 0.717) is 5.15 Å². The third-order valence-electron chi connectivity index (χ3n) is 1.83. The summed E-state index contributed by atoms with van der Waals surface area (Å²) in [5.41, 5.74) is 1.21. The minimum Gasteiger partial charge on any atom is -0.357 e. The van der Waals surface area contributed by atoms with E-state index in [-0.39, 0.29) is 0 Å². The fourth-order valence-electron chi connectivity index (χ4n) is 1.12. The Morgan fingerprint density at radius 1 is 1.33 bits per heavy atom. The van der Waals surface area contributed by atoms with Gasteiger partial charge in [-0.15, -0.1) is 11.3 Å². The first-order valence-corrected chi connectivity index (χ1v) is 6.38. The standard InChI is InChI=1S/C10H8BrClN2S/c11-8-3-1-7(2-4-8)5-13-10-14-9(12)6-15-10/h1-4,6H,5H2,(H,13,14). The third-order valence-corrected chi connectivity index (χ3v) is 3.48. The number of halogens is 2. The lowest BCUT2D eigenvalue weighted by Crippen LogP contribution is -1.98. The largest absolute Gasteiger partial charge is 0.357 e. The van der Waals surface area contributed by atoms with Crippen molar-refractivity contribution in [3.05, 3.63) is 44.8 Å². The Bertz CT molecular complexity index is 441. The van der Waals surface area contributed by atoms with Crippen LogP contribution in [-0.4, -0.2) is 4.98 Å². The van der Waals surface area contributed by atoms with E-state index >= 15 is 0 Å². The molecular weight excluding hydrogens is 296 g/mol. The summed E-state index contributed by atoms with van der Waals surface area (Å²) in [6.45, 7) is 0.761.